The van der Waals surface area contributed by atoms with Crippen molar-refractivity contribution in [3.63, 3.8) is 0 Å². The highest BCUT2D eigenvalue weighted by atomic mass is 16.6. The number of ether oxygens (including phenoxy) is 1. The molecule has 0 amide bonds. The zero-order valence-corrected chi connectivity index (χ0v) is 16.2. The van der Waals surface area contributed by atoms with E-state index in [1.165, 1.54) is 44.9 Å². The summed E-state index contributed by atoms with van der Waals surface area (Å²) in [5.74, 6) is 3.19. The highest BCUT2D eigenvalue weighted by Crippen LogP contribution is 2.56. The molecule has 5 fully saturated rings. The lowest BCUT2D eigenvalue weighted by molar-refractivity contribution is -0.0511. The van der Waals surface area contributed by atoms with Crippen molar-refractivity contribution >= 4 is 17.0 Å². The lowest BCUT2D eigenvalue weighted by atomic mass is 9.53. The first-order valence-corrected chi connectivity index (χ1v) is 10.6. The molecule has 7 rings (SSSR count). The summed E-state index contributed by atoms with van der Waals surface area (Å²) in [6, 6.07) is 0. The van der Waals surface area contributed by atoms with E-state index in [-0.39, 0.29) is 12.1 Å². The average Bonchev–Trinajstić information content (AvgIpc) is 3.23. The van der Waals surface area contributed by atoms with Crippen molar-refractivity contribution in [2.45, 2.75) is 68.6 Å². The first-order chi connectivity index (χ1) is 14.0. The van der Waals surface area contributed by atoms with Gasteiger partial charge in [0.15, 0.2) is 23.2 Å². The molecule has 4 bridgehead atoms. The fraction of sp³-hybridized carbons (Fsp3) is 0.750. The number of nitrogens with one attached hydrogen (secondary N) is 1. The van der Waals surface area contributed by atoms with Crippen LogP contribution in [0.25, 0.3) is 11.2 Å². The number of anilines is 1. The summed E-state index contributed by atoms with van der Waals surface area (Å²) in [5.41, 5.74) is 1.28. The first kappa shape index (κ1) is 18.0. The number of rotatable bonds is 4. The van der Waals surface area contributed by atoms with Gasteiger partial charge in [0.1, 0.15) is 24.6 Å². The Morgan fingerprint density at radius 3 is 2.34 bits per heavy atom. The van der Waals surface area contributed by atoms with Gasteiger partial charge in [0.05, 0.1) is 12.9 Å². The van der Waals surface area contributed by atoms with Crippen molar-refractivity contribution in [3.8, 4) is 0 Å². The number of aliphatic hydroxyl groups excluding tert-OH is 3. The minimum atomic E-state index is -1.17. The molecule has 4 aliphatic carbocycles. The summed E-state index contributed by atoms with van der Waals surface area (Å²) in [4.78, 5) is 13.4. The molecule has 0 radical (unpaired) electrons. The van der Waals surface area contributed by atoms with Gasteiger partial charge >= 0.3 is 0 Å². The molecule has 5 aliphatic rings. The van der Waals surface area contributed by atoms with Crippen LogP contribution in [0.15, 0.2) is 12.7 Å². The third-order valence-electron chi connectivity index (χ3n) is 7.57. The van der Waals surface area contributed by atoms with Crippen LogP contribution >= 0.6 is 0 Å². The van der Waals surface area contributed by atoms with E-state index in [1.54, 1.807) is 10.9 Å². The van der Waals surface area contributed by atoms with Crippen LogP contribution in [0.2, 0.25) is 0 Å². The first-order valence-electron chi connectivity index (χ1n) is 10.6. The van der Waals surface area contributed by atoms with Crippen LogP contribution in [0.4, 0.5) is 5.82 Å². The zero-order valence-electron chi connectivity index (χ0n) is 16.2. The predicted octanol–water partition coefficient (Wildman–Crippen LogP) is 0.818. The fourth-order valence-corrected chi connectivity index (χ4v) is 6.75. The van der Waals surface area contributed by atoms with Crippen LogP contribution in [0, 0.1) is 17.8 Å². The van der Waals surface area contributed by atoms with Gasteiger partial charge in [-0.15, -0.1) is 0 Å². The van der Waals surface area contributed by atoms with Crippen molar-refractivity contribution in [2.75, 3.05) is 11.9 Å². The summed E-state index contributed by atoms with van der Waals surface area (Å²) < 4.78 is 7.27. The number of fused-ring (bicyclic) bond motifs is 1. The Hall–Kier alpha value is -1.81. The van der Waals surface area contributed by atoms with Gasteiger partial charge in [-0.2, -0.15) is 0 Å². The Kier molecular flexibility index (Phi) is 3.94. The van der Waals surface area contributed by atoms with Gasteiger partial charge in [-0.1, -0.05) is 0 Å². The van der Waals surface area contributed by atoms with Crippen molar-refractivity contribution in [1.29, 1.82) is 0 Å². The van der Waals surface area contributed by atoms with E-state index in [0.29, 0.717) is 11.2 Å². The summed E-state index contributed by atoms with van der Waals surface area (Å²) in [6.45, 7) is -0.366. The van der Waals surface area contributed by atoms with Gasteiger partial charge in [-0.3, -0.25) is 4.57 Å². The molecule has 9 nitrogen and oxygen atoms in total. The number of hydrogen-bond acceptors (Lipinski definition) is 8. The second-order valence-electron chi connectivity index (χ2n) is 9.60. The van der Waals surface area contributed by atoms with Crippen molar-refractivity contribution in [2.24, 2.45) is 17.8 Å². The highest BCUT2D eigenvalue weighted by Gasteiger charge is 2.51. The lowest BCUT2D eigenvalue weighted by Gasteiger charge is -2.57. The minimum absolute atomic E-state index is 0.0986. The van der Waals surface area contributed by atoms with Crippen molar-refractivity contribution in [1.82, 2.24) is 19.5 Å². The molecule has 0 spiro atoms. The number of nitrogens with zero attached hydrogens (tertiary/aromatic N) is 4. The number of aromatic nitrogens is 4. The van der Waals surface area contributed by atoms with Gasteiger partial charge in [0.25, 0.3) is 0 Å². The zero-order chi connectivity index (χ0) is 19.8. The molecule has 3 heterocycles. The van der Waals surface area contributed by atoms with Crippen LogP contribution in [0.1, 0.15) is 44.8 Å². The quantitative estimate of drug-likeness (QED) is 0.593. The van der Waals surface area contributed by atoms with Crippen LogP contribution in [0.3, 0.4) is 0 Å². The van der Waals surface area contributed by atoms with Crippen LogP contribution < -0.4 is 5.32 Å². The molecule has 9 heteroatoms. The molecule has 29 heavy (non-hydrogen) atoms. The average molecular weight is 401 g/mol. The molecule has 1 saturated heterocycles. The molecule has 2 aromatic rings. The summed E-state index contributed by atoms with van der Waals surface area (Å²) >= 11 is 0. The number of aliphatic hydroxyl groups is 3. The van der Waals surface area contributed by atoms with Gasteiger partial charge in [-0.25, -0.2) is 15.0 Å². The SMILES string of the molecule is OC[C@H]1OC(n2cnc3c(NC45CC6CC(CC(C6)C4)C5)ncnc32)[C@H](O)[C@@H]1O. The van der Waals surface area contributed by atoms with E-state index in [4.69, 9.17) is 4.74 Å². The van der Waals surface area contributed by atoms with Gasteiger partial charge < -0.3 is 25.4 Å². The topological polar surface area (TPSA) is 126 Å². The fourth-order valence-electron chi connectivity index (χ4n) is 6.75. The third-order valence-corrected chi connectivity index (χ3v) is 7.57. The maximum Gasteiger partial charge on any atom is 0.167 e. The summed E-state index contributed by atoms with van der Waals surface area (Å²) in [6.07, 6.45) is 6.76. The van der Waals surface area contributed by atoms with E-state index in [9.17, 15) is 15.3 Å². The standard InChI is InChI=1S/C20H27N5O4/c26-7-13-15(27)16(28)19(29-13)25-9-23-14-17(21-8-22-18(14)25)24-20-4-10-1-11(5-20)3-12(2-10)6-20/h8-13,15-16,19,26-28H,1-7H2,(H,21,22,24)/t10?,11?,12?,13-,15-,16-,19?,20?/m1/s1. The minimum Gasteiger partial charge on any atom is -0.394 e. The van der Waals surface area contributed by atoms with Crippen molar-refractivity contribution < 1.29 is 20.1 Å². The predicted molar refractivity (Wildman–Crippen MR) is 103 cm³/mol. The van der Waals surface area contributed by atoms with E-state index in [0.717, 1.165) is 23.6 Å². The summed E-state index contributed by atoms with van der Waals surface area (Å²) in [5, 5.41) is 33.6. The molecule has 1 unspecified atom stereocenters. The maximum absolute atomic E-state index is 10.4. The van der Waals surface area contributed by atoms with E-state index >= 15 is 0 Å². The second-order valence-corrected chi connectivity index (χ2v) is 9.60. The molecule has 2 aromatic heterocycles. The maximum atomic E-state index is 10.4. The van der Waals surface area contributed by atoms with Crippen LogP contribution in [-0.2, 0) is 4.74 Å². The molecule has 4 N–H and O–H groups in total. The monoisotopic (exact) mass is 401 g/mol. The molecule has 156 valence electrons. The molecular weight excluding hydrogens is 374 g/mol. The van der Waals surface area contributed by atoms with Gasteiger partial charge in [0.2, 0.25) is 0 Å². The third kappa shape index (κ3) is 2.71. The largest absolute Gasteiger partial charge is 0.394 e. The smallest absolute Gasteiger partial charge is 0.167 e. The second kappa shape index (κ2) is 6.34. The van der Waals surface area contributed by atoms with Gasteiger partial charge in [-0.05, 0) is 56.3 Å². The highest BCUT2D eigenvalue weighted by molar-refractivity contribution is 5.83. The molecule has 4 atom stereocenters. The number of imidazole rings is 1. The van der Waals surface area contributed by atoms with Crippen LogP contribution in [-0.4, -0.2) is 65.3 Å². The molecule has 1 aliphatic heterocycles. The lowest BCUT2D eigenvalue weighted by Crippen LogP contribution is -2.54. The Morgan fingerprint density at radius 2 is 1.72 bits per heavy atom. The molecule has 4 saturated carbocycles. The number of hydrogen-bond donors (Lipinski definition) is 4. The van der Waals surface area contributed by atoms with Crippen molar-refractivity contribution in [3.05, 3.63) is 12.7 Å². The van der Waals surface area contributed by atoms with Gasteiger partial charge in [0, 0.05) is 5.54 Å². The van der Waals surface area contributed by atoms with E-state index in [2.05, 4.69) is 20.3 Å². The van der Waals surface area contributed by atoms with E-state index in [1.807, 2.05) is 0 Å². The Balaban J connectivity index is 1.33. The Labute approximate surface area is 168 Å². The van der Waals surface area contributed by atoms with E-state index < -0.39 is 24.5 Å². The Bertz CT molecular complexity index is 897. The normalized spacial score (nSPS) is 43.3. The molecule has 0 aromatic carbocycles. The Morgan fingerprint density at radius 1 is 1.03 bits per heavy atom. The summed E-state index contributed by atoms with van der Waals surface area (Å²) in [7, 11) is 0. The molecular formula is C20H27N5O4. The van der Waals surface area contributed by atoms with Crippen LogP contribution in [0.5, 0.6) is 0 Å².